The van der Waals surface area contributed by atoms with Gasteiger partial charge in [-0.25, -0.2) is 0 Å². The van der Waals surface area contributed by atoms with Crippen molar-refractivity contribution >= 4 is 23.4 Å². The number of aliphatic hydroxyl groups excluding tert-OH is 3. The number of nitrogens with two attached hydrogens (primary N) is 1. The molecule has 0 spiro atoms. The topological polar surface area (TPSA) is 256 Å². The minimum absolute atomic E-state index is 0.0847. The molecule has 0 fully saturated rings. The zero-order valence-corrected chi connectivity index (χ0v) is 61.1. The molecule has 24 heteroatoms. The predicted octanol–water partition coefficient (Wildman–Crippen LogP) is 6.80. The first-order valence-corrected chi connectivity index (χ1v) is 36.7. The molecule has 10 heterocycles. The standard InChI is InChI=1S/3C26H30N4O3.C4H7N3/c3*1-28-15-20(14-27-28)12-19-6-7-25-24(13-19)26(32)30(10-11-33-25)18-23(31)17-29-9-8-21-4-2-3-5-22(21)16-29;1-7-3-4(5)2-6-7/h3*2-7,13-15,23,31H,8-12,16-18H2,1H3;2-3H,5H2,1H3/t2*23-;;/m10../s1. The number of rotatable bonds is 18. The number of hydrogen-bond acceptors (Lipinski definition) is 17. The van der Waals surface area contributed by atoms with E-state index >= 15 is 0 Å². The smallest absolute Gasteiger partial charge is 0.257 e. The molecule has 0 saturated carbocycles. The van der Waals surface area contributed by atoms with E-state index in [1.807, 2.05) is 120 Å². The highest BCUT2D eigenvalue weighted by molar-refractivity contribution is 5.99. The van der Waals surface area contributed by atoms with E-state index in [9.17, 15) is 29.7 Å². The molecule has 16 rings (SSSR count). The molecule has 0 radical (unpaired) electrons. The zero-order valence-electron chi connectivity index (χ0n) is 61.1. The Labute approximate surface area is 619 Å². The number of aliphatic hydroxyl groups is 3. The van der Waals surface area contributed by atoms with Crippen molar-refractivity contribution in [2.24, 2.45) is 28.2 Å². The van der Waals surface area contributed by atoms with E-state index in [-0.39, 0.29) is 17.7 Å². The van der Waals surface area contributed by atoms with Gasteiger partial charge in [-0.3, -0.25) is 47.8 Å². The van der Waals surface area contributed by atoms with E-state index in [1.54, 1.807) is 45.8 Å². The highest BCUT2D eigenvalue weighted by Gasteiger charge is 2.32. The van der Waals surface area contributed by atoms with Gasteiger partial charge in [0.25, 0.3) is 17.7 Å². The first-order chi connectivity index (χ1) is 51.4. The second kappa shape index (κ2) is 34.6. The number of amides is 3. The maximum Gasteiger partial charge on any atom is 0.257 e. The summed E-state index contributed by atoms with van der Waals surface area (Å²) in [6, 6.07) is 42.8. The second-order valence-corrected chi connectivity index (χ2v) is 28.6. The monoisotopic (exact) mass is 1440 g/mol. The van der Waals surface area contributed by atoms with Gasteiger partial charge >= 0.3 is 0 Å². The maximum absolute atomic E-state index is 13.3. The number of anilines is 1. The minimum Gasteiger partial charge on any atom is -0.491 e. The molecule has 3 atom stereocenters. The molecule has 554 valence electrons. The average Bonchev–Trinajstić information content (AvgIpc) is 1.58. The summed E-state index contributed by atoms with van der Waals surface area (Å²) in [6.45, 7) is 10.5. The Balaban J connectivity index is 0.000000134. The number of carbonyl (C=O) groups is 3. The van der Waals surface area contributed by atoms with Crippen LogP contribution in [0.3, 0.4) is 0 Å². The summed E-state index contributed by atoms with van der Waals surface area (Å²) in [5.41, 5.74) is 22.2. The summed E-state index contributed by atoms with van der Waals surface area (Å²) < 4.78 is 24.6. The molecule has 10 aromatic rings. The highest BCUT2D eigenvalue weighted by atomic mass is 16.5. The van der Waals surface area contributed by atoms with Crippen molar-refractivity contribution in [2.45, 2.75) is 76.5 Å². The summed E-state index contributed by atoms with van der Waals surface area (Å²) >= 11 is 0. The third-order valence-electron chi connectivity index (χ3n) is 20.1. The van der Waals surface area contributed by atoms with Gasteiger partial charge in [0, 0.05) is 151 Å². The van der Waals surface area contributed by atoms with Crippen molar-refractivity contribution < 1.29 is 43.9 Å². The Kier molecular flexibility index (Phi) is 24.1. The molecule has 0 saturated heterocycles. The fourth-order valence-electron chi connectivity index (χ4n) is 14.9. The Hall–Kier alpha value is -10.5. The van der Waals surface area contributed by atoms with E-state index in [4.69, 9.17) is 19.9 Å². The largest absolute Gasteiger partial charge is 0.491 e. The summed E-state index contributed by atoms with van der Waals surface area (Å²) in [4.78, 5) is 52.0. The summed E-state index contributed by atoms with van der Waals surface area (Å²) in [7, 11) is 7.51. The van der Waals surface area contributed by atoms with Crippen molar-refractivity contribution in [1.82, 2.24) is 68.5 Å². The molecule has 6 aliphatic heterocycles. The van der Waals surface area contributed by atoms with Crippen LogP contribution in [0.5, 0.6) is 17.2 Å². The molecule has 5 N–H and O–H groups in total. The molecule has 0 bridgehead atoms. The molecule has 24 nitrogen and oxygen atoms in total. The lowest BCUT2D eigenvalue weighted by molar-refractivity contribution is 0.0500. The van der Waals surface area contributed by atoms with Crippen LogP contribution in [0, 0.1) is 0 Å². The molecule has 3 amide bonds. The Bertz CT molecular complexity index is 4200. The molecule has 106 heavy (non-hydrogen) atoms. The number of β-amino-alcohol motifs (C(OH)–C–C–N with tert-alkyl or cyclic N) is 3. The summed E-state index contributed by atoms with van der Waals surface area (Å²) in [5.74, 6) is 1.58. The number of aromatic nitrogens is 8. The van der Waals surface area contributed by atoms with Gasteiger partial charge in [-0.05, 0) is 122 Å². The molecule has 4 aromatic heterocycles. The van der Waals surface area contributed by atoms with Crippen LogP contribution in [0.15, 0.2) is 177 Å². The van der Waals surface area contributed by atoms with Gasteiger partial charge in [-0.15, -0.1) is 0 Å². The minimum atomic E-state index is -0.612. The van der Waals surface area contributed by atoms with Crippen molar-refractivity contribution in [2.75, 3.05) is 104 Å². The van der Waals surface area contributed by atoms with Gasteiger partial charge in [-0.2, -0.15) is 20.4 Å². The predicted molar refractivity (Wildman–Crippen MR) is 403 cm³/mol. The average molecular weight is 1440 g/mol. The van der Waals surface area contributed by atoms with Crippen LogP contribution in [0.4, 0.5) is 5.69 Å². The number of benzene rings is 6. The van der Waals surface area contributed by atoms with Gasteiger partial charge in [0.15, 0.2) is 0 Å². The molecule has 0 aliphatic carbocycles. The van der Waals surface area contributed by atoms with Gasteiger partial charge in [0.1, 0.15) is 37.1 Å². The first kappa shape index (κ1) is 73.8. The Morgan fingerprint density at radius 2 is 0.660 bits per heavy atom. The second-order valence-electron chi connectivity index (χ2n) is 28.6. The molecule has 6 aliphatic rings. The van der Waals surface area contributed by atoms with Crippen LogP contribution >= 0.6 is 0 Å². The van der Waals surface area contributed by atoms with Crippen molar-refractivity contribution in [3.8, 4) is 17.2 Å². The van der Waals surface area contributed by atoms with Crippen LogP contribution in [0.1, 0.15) is 97.8 Å². The summed E-state index contributed by atoms with van der Waals surface area (Å²) in [5, 5.41) is 48.9. The van der Waals surface area contributed by atoms with Gasteiger partial charge < -0.3 is 50.0 Å². The maximum atomic E-state index is 13.3. The molecular formula is C82H97N15O9. The Morgan fingerprint density at radius 3 is 0.925 bits per heavy atom. The molecule has 1 unspecified atom stereocenters. The first-order valence-electron chi connectivity index (χ1n) is 36.7. The lowest BCUT2D eigenvalue weighted by atomic mass is 10.00. The third kappa shape index (κ3) is 19.5. The molecule has 6 aromatic carbocycles. The van der Waals surface area contributed by atoms with E-state index in [0.29, 0.717) is 138 Å². The normalized spacial score (nSPS) is 16.6. The van der Waals surface area contributed by atoms with Crippen LogP contribution in [0.25, 0.3) is 0 Å². The van der Waals surface area contributed by atoms with E-state index in [2.05, 4.69) is 108 Å². The fourth-order valence-corrected chi connectivity index (χ4v) is 14.9. The Morgan fingerprint density at radius 1 is 0.368 bits per heavy atom. The van der Waals surface area contributed by atoms with E-state index < -0.39 is 18.3 Å². The summed E-state index contributed by atoms with van der Waals surface area (Å²) in [6.07, 6.45) is 18.1. The van der Waals surface area contributed by atoms with Crippen molar-refractivity contribution in [3.05, 3.63) is 260 Å². The number of carbonyl (C=O) groups excluding carboxylic acids is 3. The van der Waals surface area contributed by atoms with E-state index in [1.165, 1.54) is 33.4 Å². The quantitative estimate of drug-likeness (QED) is 0.0689. The lowest BCUT2D eigenvalue weighted by Gasteiger charge is -2.32. The van der Waals surface area contributed by atoms with Gasteiger partial charge in [-0.1, -0.05) is 91.0 Å². The third-order valence-corrected chi connectivity index (χ3v) is 20.1. The fraction of sp³-hybridized carbons (Fsp3) is 0.378. The lowest BCUT2D eigenvalue weighted by Crippen LogP contribution is -2.44. The molecular weight excluding hydrogens is 1340 g/mol. The highest BCUT2D eigenvalue weighted by Crippen LogP contribution is 2.31. The number of hydrogen-bond donors (Lipinski definition) is 4. The van der Waals surface area contributed by atoms with Crippen LogP contribution in [-0.2, 0) is 86.3 Å². The van der Waals surface area contributed by atoms with Crippen molar-refractivity contribution in [3.63, 3.8) is 0 Å². The number of aryl methyl sites for hydroxylation is 4. The van der Waals surface area contributed by atoms with Crippen LogP contribution in [0.2, 0.25) is 0 Å². The number of nitrogen functional groups attached to an aromatic ring is 1. The number of ether oxygens (including phenoxy) is 3. The van der Waals surface area contributed by atoms with Gasteiger partial charge in [0.05, 0.1) is 85.1 Å². The van der Waals surface area contributed by atoms with Gasteiger partial charge in [0.2, 0.25) is 0 Å². The van der Waals surface area contributed by atoms with Crippen LogP contribution in [-0.4, -0.2) is 218 Å². The number of nitrogens with zero attached hydrogens (tertiary/aromatic N) is 14. The van der Waals surface area contributed by atoms with E-state index in [0.717, 1.165) is 91.9 Å². The van der Waals surface area contributed by atoms with Crippen LogP contribution < -0.4 is 19.9 Å². The zero-order chi connectivity index (χ0) is 73.6. The van der Waals surface area contributed by atoms with Crippen molar-refractivity contribution in [1.29, 1.82) is 0 Å². The SMILES string of the molecule is Cn1cc(Cc2ccc3c(c2)C(=O)N(CC(O)CN2CCc4ccccc4C2)CCO3)cn1.Cn1cc(Cc2ccc3c(c2)C(=O)N(C[C@@H](O)CN2CCc4ccccc4C2)CCO3)cn1.Cn1cc(Cc2ccc3c(c2)C(=O)N(C[C@H](O)CN2CCc4ccccc4C2)CCO3)cn1.Cn1cc(N)cn1. The number of fused-ring (bicyclic) bond motifs is 6.